The van der Waals surface area contributed by atoms with Gasteiger partial charge in [0.1, 0.15) is 25.4 Å². The van der Waals surface area contributed by atoms with Crippen LogP contribution >= 0.6 is 0 Å². The first-order valence-corrected chi connectivity index (χ1v) is 6.06. The number of rotatable bonds is 2. The third-order valence-corrected chi connectivity index (χ3v) is 3.04. The summed E-state index contributed by atoms with van der Waals surface area (Å²) >= 11 is 0. The minimum Gasteiger partial charge on any atom is -0.486 e. The summed E-state index contributed by atoms with van der Waals surface area (Å²) in [6, 6.07) is 9.53. The molecule has 0 bridgehead atoms. The average molecular weight is 266 g/mol. The van der Waals surface area contributed by atoms with Gasteiger partial charge in [-0.2, -0.15) is 10.5 Å². The zero-order valence-electron chi connectivity index (χ0n) is 10.5. The van der Waals surface area contributed by atoms with Gasteiger partial charge in [0.05, 0.1) is 12.9 Å². The topological polar surface area (TPSA) is 83.9 Å². The van der Waals surface area contributed by atoms with Crippen LogP contribution in [0.1, 0.15) is 17.0 Å². The molecule has 20 heavy (non-hydrogen) atoms. The Morgan fingerprint density at radius 3 is 2.85 bits per heavy atom. The second kappa shape index (κ2) is 4.94. The van der Waals surface area contributed by atoms with Gasteiger partial charge in [0.25, 0.3) is 0 Å². The molecule has 2 aromatic rings. The highest BCUT2D eigenvalue weighted by molar-refractivity contribution is 5.48. The van der Waals surface area contributed by atoms with Crippen molar-refractivity contribution in [2.24, 2.45) is 0 Å². The Kier molecular flexibility index (Phi) is 2.98. The molecule has 0 amide bonds. The Bertz CT molecular complexity index is 737. The molecule has 0 unspecified atom stereocenters. The van der Waals surface area contributed by atoms with E-state index in [0.29, 0.717) is 31.3 Å². The molecule has 0 spiro atoms. The third-order valence-electron chi connectivity index (χ3n) is 3.04. The van der Waals surface area contributed by atoms with Crippen LogP contribution in [0.2, 0.25) is 0 Å². The SMILES string of the molecule is N#Cc1ncn(Cc2cccc3c2OCCO3)c1C#N. The number of nitrogens with zero attached hydrogens (tertiary/aromatic N) is 4. The Morgan fingerprint density at radius 2 is 2.05 bits per heavy atom. The zero-order chi connectivity index (χ0) is 13.9. The number of aromatic nitrogens is 2. The van der Waals surface area contributed by atoms with Crippen LogP contribution in [0.4, 0.5) is 0 Å². The maximum absolute atomic E-state index is 9.12. The summed E-state index contributed by atoms with van der Waals surface area (Å²) in [5.74, 6) is 1.39. The molecule has 2 heterocycles. The van der Waals surface area contributed by atoms with E-state index in [2.05, 4.69) is 4.98 Å². The number of ether oxygens (including phenoxy) is 2. The van der Waals surface area contributed by atoms with Crippen LogP contribution in [-0.2, 0) is 6.54 Å². The van der Waals surface area contributed by atoms with Gasteiger partial charge in [-0.1, -0.05) is 12.1 Å². The molecule has 98 valence electrons. The molecule has 1 aliphatic rings. The predicted molar refractivity (Wildman–Crippen MR) is 68.2 cm³/mol. The van der Waals surface area contributed by atoms with Gasteiger partial charge in [-0.15, -0.1) is 0 Å². The summed E-state index contributed by atoms with van der Waals surface area (Å²) < 4.78 is 12.8. The van der Waals surface area contributed by atoms with Crippen molar-refractivity contribution in [3.05, 3.63) is 41.5 Å². The quantitative estimate of drug-likeness (QED) is 0.821. The molecule has 0 radical (unpaired) electrons. The Morgan fingerprint density at radius 1 is 1.20 bits per heavy atom. The number of nitriles is 2. The normalized spacial score (nSPS) is 12.5. The van der Waals surface area contributed by atoms with Crippen molar-refractivity contribution < 1.29 is 9.47 Å². The van der Waals surface area contributed by atoms with Gasteiger partial charge in [-0.25, -0.2) is 4.98 Å². The van der Waals surface area contributed by atoms with Crippen LogP contribution in [0, 0.1) is 22.7 Å². The highest BCUT2D eigenvalue weighted by Gasteiger charge is 2.17. The third kappa shape index (κ3) is 1.94. The molecular formula is C14H10N4O2. The average Bonchev–Trinajstić information content (AvgIpc) is 2.89. The first-order chi connectivity index (χ1) is 9.83. The standard InChI is InChI=1S/C14H10N4O2/c15-6-11-12(7-16)18(9-17-11)8-10-2-1-3-13-14(10)20-5-4-19-13/h1-3,9H,4-5,8H2. The first kappa shape index (κ1) is 12.1. The summed E-state index contributed by atoms with van der Waals surface area (Å²) in [5.41, 5.74) is 1.27. The van der Waals surface area contributed by atoms with Gasteiger partial charge < -0.3 is 14.0 Å². The van der Waals surface area contributed by atoms with Gasteiger partial charge in [0.15, 0.2) is 22.9 Å². The van der Waals surface area contributed by atoms with Crippen molar-refractivity contribution in [1.82, 2.24) is 9.55 Å². The van der Waals surface area contributed by atoms with Crippen molar-refractivity contribution in [3.63, 3.8) is 0 Å². The molecular weight excluding hydrogens is 256 g/mol. The minimum atomic E-state index is 0.134. The van der Waals surface area contributed by atoms with Crippen LogP contribution < -0.4 is 9.47 Å². The molecule has 0 fully saturated rings. The monoisotopic (exact) mass is 266 g/mol. The first-order valence-electron chi connectivity index (χ1n) is 6.06. The van der Waals surface area contributed by atoms with E-state index in [9.17, 15) is 0 Å². The van der Waals surface area contributed by atoms with Crippen LogP contribution in [0.3, 0.4) is 0 Å². The molecule has 1 aromatic carbocycles. The van der Waals surface area contributed by atoms with Gasteiger partial charge in [-0.05, 0) is 6.07 Å². The number of fused-ring (bicyclic) bond motifs is 1. The summed E-state index contributed by atoms with van der Waals surface area (Å²) in [7, 11) is 0. The van der Waals surface area contributed by atoms with Crippen LogP contribution in [0.15, 0.2) is 24.5 Å². The fraction of sp³-hybridized carbons (Fsp3) is 0.214. The van der Waals surface area contributed by atoms with E-state index in [1.54, 1.807) is 4.57 Å². The lowest BCUT2D eigenvalue weighted by Crippen LogP contribution is -2.17. The van der Waals surface area contributed by atoms with Crippen molar-refractivity contribution >= 4 is 0 Å². The molecule has 0 saturated carbocycles. The van der Waals surface area contributed by atoms with E-state index in [4.69, 9.17) is 20.0 Å². The van der Waals surface area contributed by atoms with Gasteiger partial charge in [-0.3, -0.25) is 0 Å². The predicted octanol–water partition coefficient (Wildman–Crippen LogP) is 1.45. The largest absolute Gasteiger partial charge is 0.486 e. The van der Waals surface area contributed by atoms with E-state index in [1.807, 2.05) is 30.3 Å². The lowest BCUT2D eigenvalue weighted by atomic mass is 10.1. The summed E-state index contributed by atoms with van der Waals surface area (Å²) in [4.78, 5) is 3.92. The van der Waals surface area contributed by atoms with E-state index in [1.165, 1.54) is 6.33 Å². The second-order valence-corrected chi connectivity index (χ2v) is 4.23. The minimum absolute atomic E-state index is 0.134. The van der Waals surface area contributed by atoms with E-state index < -0.39 is 0 Å². The molecule has 0 N–H and O–H groups in total. The molecule has 0 saturated heterocycles. The summed E-state index contributed by atoms with van der Waals surface area (Å²) in [6.45, 7) is 1.44. The molecule has 0 atom stereocenters. The maximum Gasteiger partial charge on any atom is 0.176 e. The van der Waals surface area contributed by atoms with Gasteiger partial charge in [0, 0.05) is 5.56 Å². The Hall–Kier alpha value is -2.99. The van der Waals surface area contributed by atoms with Crippen LogP contribution in [0.5, 0.6) is 11.5 Å². The summed E-state index contributed by atoms with van der Waals surface area (Å²) in [6.07, 6.45) is 1.49. The van der Waals surface area contributed by atoms with Crippen molar-refractivity contribution in [1.29, 1.82) is 10.5 Å². The number of hydrogen-bond acceptors (Lipinski definition) is 5. The summed E-state index contributed by atoms with van der Waals surface area (Å²) in [5, 5.41) is 18.0. The van der Waals surface area contributed by atoms with Crippen molar-refractivity contribution in [3.8, 4) is 23.6 Å². The lowest BCUT2D eigenvalue weighted by molar-refractivity contribution is 0.169. The molecule has 3 rings (SSSR count). The smallest absolute Gasteiger partial charge is 0.176 e. The maximum atomic E-state index is 9.12. The van der Waals surface area contributed by atoms with E-state index >= 15 is 0 Å². The van der Waals surface area contributed by atoms with Crippen LogP contribution in [0.25, 0.3) is 0 Å². The lowest BCUT2D eigenvalue weighted by Gasteiger charge is -2.21. The highest BCUT2D eigenvalue weighted by atomic mass is 16.6. The fourth-order valence-corrected chi connectivity index (χ4v) is 2.14. The zero-order valence-corrected chi connectivity index (χ0v) is 10.5. The van der Waals surface area contributed by atoms with Gasteiger partial charge >= 0.3 is 0 Å². The molecule has 1 aromatic heterocycles. The number of imidazole rings is 1. The molecule has 0 aliphatic carbocycles. The Balaban J connectivity index is 1.99. The van der Waals surface area contributed by atoms with Crippen molar-refractivity contribution in [2.45, 2.75) is 6.54 Å². The van der Waals surface area contributed by atoms with E-state index in [-0.39, 0.29) is 11.4 Å². The van der Waals surface area contributed by atoms with Crippen molar-refractivity contribution in [2.75, 3.05) is 13.2 Å². The van der Waals surface area contributed by atoms with E-state index in [0.717, 1.165) is 5.56 Å². The molecule has 1 aliphatic heterocycles. The number of benzene rings is 1. The highest BCUT2D eigenvalue weighted by Crippen LogP contribution is 2.34. The number of para-hydroxylation sites is 1. The second-order valence-electron chi connectivity index (χ2n) is 4.23. The Labute approximate surface area is 115 Å². The fourth-order valence-electron chi connectivity index (χ4n) is 2.14. The molecule has 6 heteroatoms. The number of hydrogen-bond donors (Lipinski definition) is 0. The van der Waals surface area contributed by atoms with Gasteiger partial charge in [0.2, 0.25) is 0 Å². The molecule has 6 nitrogen and oxygen atoms in total. The van der Waals surface area contributed by atoms with Crippen LogP contribution in [-0.4, -0.2) is 22.8 Å².